The van der Waals surface area contributed by atoms with Gasteiger partial charge < -0.3 is 19.4 Å². The first-order chi connectivity index (χ1) is 18.7. The molecule has 13 nitrogen and oxygen atoms in total. The number of piperazine rings is 1. The van der Waals surface area contributed by atoms with Gasteiger partial charge in [-0.1, -0.05) is 0 Å². The molecule has 39 heavy (non-hydrogen) atoms. The van der Waals surface area contributed by atoms with Gasteiger partial charge in [-0.25, -0.2) is 33.3 Å². The minimum absolute atomic E-state index is 0.438. The number of aryl methyl sites for hydroxylation is 1. The zero-order chi connectivity index (χ0) is 27.3. The Hall–Kier alpha value is -3.10. The monoisotopic (exact) mass is 556 g/mol. The number of hydrogen-bond acceptors (Lipinski definition) is 11. The largest absolute Gasteiger partial charge is 0.378 e. The predicted molar refractivity (Wildman–Crippen MR) is 150 cm³/mol. The molecule has 0 bridgehead atoms. The second kappa shape index (κ2) is 10.1. The van der Waals surface area contributed by atoms with Crippen LogP contribution in [0.5, 0.6) is 0 Å². The SMILES string of the molecule is Cc1nc(N(C)C)ncc1-c1nc(N2CCOCC2)c2nc(N3CCN(S(C)(=O)=O)CC3)n(CC3CC3)c2n1. The Labute approximate surface area is 228 Å². The summed E-state index contributed by atoms with van der Waals surface area (Å²) in [6, 6.07) is 0. The number of morpholine rings is 1. The van der Waals surface area contributed by atoms with E-state index in [-0.39, 0.29) is 0 Å². The molecule has 3 aromatic rings. The molecule has 6 rings (SSSR count). The van der Waals surface area contributed by atoms with E-state index in [2.05, 4.69) is 24.3 Å². The molecule has 0 radical (unpaired) electrons. The maximum absolute atomic E-state index is 12.1. The van der Waals surface area contributed by atoms with E-state index >= 15 is 0 Å². The van der Waals surface area contributed by atoms with E-state index in [1.54, 1.807) is 6.20 Å². The molecule has 3 fully saturated rings. The number of hydrogen-bond donors (Lipinski definition) is 0. The fraction of sp³-hybridized carbons (Fsp3) is 0.640. The third-order valence-corrected chi connectivity index (χ3v) is 8.91. The van der Waals surface area contributed by atoms with E-state index in [0.29, 0.717) is 57.1 Å². The van der Waals surface area contributed by atoms with Crippen molar-refractivity contribution in [3.8, 4) is 11.4 Å². The van der Waals surface area contributed by atoms with Crippen molar-refractivity contribution in [1.29, 1.82) is 0 Å². The zero-order valence-corrected chi connectivity index (χ0v) is 23.9. The summed E-state index contributed by atoms with van der Waals surface area (Å²) in [6.45, 7) is 7.51. The number of rotatable bonds is 7. The second-order valence-corrected chi connectivity index (χ2v) is 12.8. The van der Waals surface area contributed by atoms with E-state index in [1.165, 1.54) is 23.4 Å². The molecule has 3 aliphatic rings. The van der Waals surface area contributed by atoms with Crippen LogP contribution in [0.15, 0.2) is 6.20 Å². The second-order valence-electron chi connectivity index (χ2n) is 10.8. The van der Waals surface area contributed by atoms with Gasteiger partial charge in [-0.3, -0.25) is 4.57 Å². The summed E-state index contributed by atoms with van der Waals surface area (Å²) < 4.78 is 33.6. The molecule has 2 saturated heterocycles. The lowest BCUT2D eigenvalue weighted by Gasteiger charge is -2.34. The van der Waals surface area contributed by atoms with Crippen molar-refractivity contribution in [1.82, 2.24) is 33.8 Å². The molecule has 2 aliphatic heterocycles. The van der Waals surface area contributed by atoms with Crippen LogP contribution in [0.2, 0.25) is 0 Å². The first kappa shape index (κ1) is 26.1. The van der Waals surface area contributed by atoms with Crippen molar-refractivity contribution in [3.63, 3.8) is 0 Å². The summed E-state index contributed by atoms with van der Waals surface area (Å²) in [4.78, 5) is 30.8. The van der Waals surface area contributed by atoms with E-state index in [9.17, 15) is 8.42 Å². The molecule has 0 N–H and O–H groups in total. The molecule has 1 saturated carbocycles. The smallest absolute Gasteiger partial charge is 0.225 e. The number of aromatic nitrogens is 6. The highest BCUT2D eigenvalue weighted by molar-refractivity contribution is 7.88. The molecule has 0 atom stereocenters. The van der Waals surface area contributed by atoms with E-state index in [1.807, 2.05) is 25.9 Å². The summed E-state index contributed by atoms with van der Waals surface area (Å²) >= 11 is 0. The van der Waals surface area contributed by atoms with Crippen molar-refractivity contribution in [2.45, 2.75) is 26.3 Å². The van der Waals surface area contributed by atoms with Crippen molar-refractivity contribution in [2.75, 3.05) is 87.5 Å². The van der Waals surface area contributed by atoms with E-state index in [4.69, 9.17) is 19.7 Å². The molecule has 14 heteroatoms. The first-order valence-electron chi connectivity index (χ1n) is 13.5. The van der Waals surface area contributed by atoms with Crippen molar-refractivity contribution in [3.05, 3.63) is 11.9 Å². The number of imidazole rings is 1. The molecule has 0 amide bonds. The van der Waals surface area contributed by atoms with Crippen LogP contribution in [0, 0.1) is 12.8 Å². The Morgan fingerprint density at radius 3 is 2.31 bits per heavy atom. The number of fused-ring (bicyclic) bond motifs is 1. The number of anilines is 3. The van der Waals surface area contributed by atoms with Gasteiger partial charge in [0.1, 0.15) is 0 Å². The van der Waals surface area contributed by atoms with Gasteiger partial charge in [0.25, 0.3) is 0 Å². The lowest BCUT2D eigenvalue weighted by Crippen LogP contribution is -2.49. The third kappa shape index (κ3) is 5.24. The zero-order valence-electron chi connectivity index (χ0n) is 23.0. The number of nitrogens with zero attached hydrogens (tertiary/aromatic N) is 10. The lowest BCUT2D eigenvalue weighted by atomic mass is 10.2. The lowest BCUT2D eigenvalue weighted by molar-refractivity contribution is 0.122. The van der Waals surface area contributed by atoms with Gasteiger partial charge in [0.05, 0.1) is 30.7 Å². The Kier molecular flexibility index (Phi) is 6.79. The Bertz CT molecular complexity index is 1470. The predicted octanol–water partition coefficient (Wildman–Crippen LogP) is 0.986. The molecule has 0 spiro atoms. The number of sulfonamides is 1. The van der Waals surface area contributed by atoms with Crippen molar-refractivity contribution < 1.29 is 13.2 Å². The van der Waals surface area contributed by atoms with Crippen LogP contribution in [0.3, 0.4) is 0 Å². The third-order valence-electron chi connectivity index (χ3n) is 7.60. The molecule has 210 valence electrons. The molecule has 0 aromatic carbocycles. The molecule has 0 unspecified atom stereocenters. The van der Waals surface area contributed by atoms with Crippen LogP contribution in [-0.2, 0) is 21.3 Å². The quantitative estimate of drug-likeness (QED) is 0.413. The highest BCUT2D eigenvalue weighted by Crippen LogP contribution is 2.37. The maximum atomic E-state index is 12.1. The van der Waals surface area contributed by atoms with Gasteiger partial charge in [0.2, 0.25) is 21.9 Å². The topological polar surface area (TPSA) is 126 Å². The van der Waals surface area contributed by atoms with Crippen LogP contribution in [0.4, 0.5) is 17.7 Å². The minimum atomic E-state index is -3.22. The maximum Gasteiger partial charge on any atom is 0.225 e. The summed E-state index contributed by atoms with van der Waals surface area (Å²) in [7, 11) is 0.614. The van der Waals surface area contributed by atoms with Gasteiger partial charge in [-0.15, -0.1) is 0 Å². The minimum Gasteiger partial charge on any atom is -0.378 e. The average molecular weight is 557 g/mol. The molecular weight excluding hydrogens is 520 g/mol. The van der Waals surface area contributed by atoms with Crippen LogP contribution in [0.25, 0.3) is 22.6 Å². The van der Waals surface area contributed by atoms with E-state index < -0.39 is 10.0 Å². The Balaban J connectivity index is 1.48. The highest BCUT2D eigenvalue weighted by atomic mass is 32.2. The standard InChI is InChI=1S/C25H36N10O3S/c1-17-19(15-26-24(27-17)31(2)3)21-29-22(32-11-13-38-14-12-32)20-23(30-21)35(16-18-5-6-18)25(28-20)33-7-9-34(10-8-33)39(4,36)37/h15,18H,5-14,16H2,1-4H3. The van der Waals surface area contributed by atoms with Crippen molar-refractivity contribution >= 4 is 38.9 Å². The highest BCUT2D eigenvalue weighted by Gasteiger charge is 2.32. The number of ether oxygens (including phenoxy) is 1. The van der Waals surface area contributed by atoms with Gasteiger partial charge in [-0.05, 0) is 25.7 Å². The van der Waals surface area contributed by atoms with Gasteiger partial charge in [-0.2, -0.15) is 4.31 Å². The summed E-state index contributed by atoms with van der Waals surface area (Å²) in [5.74, 6) is 3.44. The molecular formula is C25H36N10O3S. The Morgan fingerprint density at radius 1 is 0.974 bits per heavy atom. The fourth-order valence-electron chi connectivity index (χ4n) is 5.17. The summed E-state index contributed by atoms with van der Waals surface area (Å²) in [6.07, 6.45) is 5.45. The molecule has 3 aromatic heterocycles. The average Bonchev–Trinajstić information content (AvgIpc) is 3.67. The molecule has 1 aliphatic carbocycles. The van der Waals surface area contributed by atoms with Crippen LogP contribution < -0.4 is 14.7 Å². The summed E-state index contributed by atoms with van der Waals surface area (Å²) in [5, 5.41) is 0. The molecule has 5 heterocycles. The summed E-state index contributed by atoms with van der Waals surface area (Å²) in [5.41, 5.74) is 3.17. The van der Waals surface area contributed by atoms with Crippen LogP contribution in [-0.4, -0.2) is 115 Å². The van der Waals surface area contributed by atoms with Gasteiger partial charge in [0, 0.05) is 66.1 Å². The fourth-order valence-corrected chi connectivity index (χ4v) is 6.00. The van der Waals surface area contributed by atoms with Gasteiger partial charge in [0.15, 0.2) is 22.8 Å². The normalized spacial score (nSPS) is 19.2. The van der Waals surface area contributed by atoms with Crippen LogP contribution >= 0.6 is 0 Å². The Morgan fingerprint density at radius 2 is 1.69 bits per heavy atom. The van der Waals surface area contributed by atoms with Gasteiger partial charge >= 0.3 is 0 Å². The van der Waals surface area contributed by atoms with Crippen molar-refractivity contribution in [2.24, 2.45) is 5.92 Å². The first-order valence-corrected chi connectivity index (χ1v) is 15.4. The van der Waals surface area contributed by atoms with Crippen LogP contribution in [0.1, 0.15) is 18.5 Å². The van der Waals surface area contributed by atoms with E-state index in [0.717, 1.165) is 53.8 Å².